The Labute approximate surface area is 652 Å². The van der Waals surface area contributed by atoms with Crippen LogP contribution in [0.3, 0.4) is 0 Å². The number of carbonyl (C=O) groups excluding carboxylic acids is 4. The average Bonchev–Trinajstić information content (AvgIpc) is 0.886. The third kappa shape index (κ3) is 77.8. The molecule has 108 heavy (non-hydrogen) atoms. The van der Waals surface area contributed by atoms with Crippen LogP contribution in [0.25, 0.3) is 0 Å². The molecule has 5 atom stereocenters. The molecule has 0 aliphatic heterocycles. The zero-order valence-electron chi connectivity index (χ0n) is 66.4. The molecule has 0 saturated carbocycles. The maximum atomic E-state index is 13.1. The molecule has 0 bridgehead atoms. The highest BCUT2D eigenvalue weighted by Crippen LogP contribution is 2.45. The van der Waals surface area contributed by atoms with Crippen LogP contribution in [0.4, 0.5) is 0 Å². The molecular formula is C89H140O17P2. The Morgan fingerprint density at radius 1 is 0.269 bits per heavy atom. The second-order valence-corrected chi connectivity index (χ2v) is 28.8. The number of allylic oxidation sites excluding steroid dienone is 34. The van der Waals surface area contributed by atoms with Crippen LogP contribution in [0.15, 0.2) is 207 Å². The Kier molecular flexibility index (Phi) is 74.1. The minimum atomic E-state index is -5.02. The second kappa shape index (κ2) is 78.8. The minimum absolute atomic E-state index is 0.00891. The highest BCUT2D eigenvalue weighted by molar-refractivity contribution is 7.47. The summed E-state index contributed by atoms with van der Waals surface area (Å²) in [5, 5.41) is 10.6. The third-order valence-electron chi connectivity index (χ3n) is 15.7. The fourth-order valence-electron chi connectivity index (χ4n) is 9.71. The van der Waals surface area contributed by atoms with Crippen LogP contribution < -0.4 is 0 Å². The molecule has 19 heteroatoms. The normalized spacial score (nSPS) is 14.9. The van der Waals surface area contributed by atoms with E-state index in [-0.39, 0.29) is 25.7 Å². The highest BCUT2D eigenvalue weighted by Gasteiger charge is 2.30. The molecular weight excluding hydrogens is 1400 g/mol. The fraction of sp³-hybridized carbons (Fsp3) is 0.573. The molecule has 0 radical (unpaired) electrons. The number of aliphatic hydroxyl groups is 1. The number of rotatable bonds is 73. The van der Waals surface area contributed by atoms with E-state index in [4.69, 9.17) is 37.0 Å². The molecule has 608 valence electrons. The molecule has 0 aromatic heterocycles. The van der Waals surface area contributed by atoms with Crippen LogP contribution >= 0.6 is 15.6 Å². The summed E-state index contributed by atoms with van der Waals surface area (Å²) in [6.45, 7) is 4.28. The van der Waals surface area contributed by atoms with Crippen molar-refractivity contribution in [1.82, 2.24) is 0 Å². The molecule has 0 spiro atoms. The first-order valence-corrected chi connectivity index (χ1v) is 43.3. The second-order valence-electron chi connectivity index (χ2n) is 25.9. The van der Waals surface area contributed by atoms with Crippen molar-refractivity contribution < 1.29 is 80.2 Å². The number of phosphoric ester groups is 2. The van der Waals surface area contributed by atoms with Gasteiger partial charge in [-0.2, -0.15) is 0 Å². The first-order chi connectivity index (χ1) is 52.7. The number of esters is 4. The van der Waals surface area contributed by atoms with Crippen molar-refractivity contribution >= 4 is 39.5 Å². The summed E-state index contributed by atoms with van der Waals surface area (Å²) in [4.78, 5) is 73.0. The van der Waals surface area contributed by atoms with Crippen molar-refractivity contribution in [2.24, 2.45) is 0 Å². The number of aliphatic hydroxyl groups excluding tert-OH is 1. The monoisotopic (exact) mass is 1540 g/mol. The number of carbonyl (C=O) groups is 4. The summed E-state index contributed by atoms with van der Waals surface area (Å²) in [6.07, 6.45) is 98.3. The van der Waals surface area contributed by atoms with Gasteiger partial charge in [0, 0.05) is 25.7 Å². The molecule has 0 heterocycles. The van der Waals surface area contributed by atoms with E-state index in [1.807, 2.05) is 30.4 Å². The van der Waals surface area contributed by atoms with Crippen molar-refractivity contribution in [2.75, 3.05) is 39.6 Å². The maximum absolute atomic E-state index is 13.1. The highest BCUT2D eigenvalue weighted by atomic mass is 31.2. The van der Waals surface area contributed by atoms with Crippen LogP contribution in [0, 0.1) is 0 Å². The summed E-state index contributed by atoms with van der Waals surface area (Å²) < 4.78 is 68.5. The van der Waals surface area contributed by atoms with Gasteiger partial charge in [-0.15, -0.1) is 0 Å². The summed E-state index contributed by atoms with van der Waals surface area (Å²) in [5.74, 6) is -2.41. The van der Waals surface area contributed by atoms with E-state index in [9.17, 15) is 43.2 Å². The topological polar surface area (TPSA) is 237 Å². The number of unbranched alkanes of at least 4 members (excludes halogenated alkanes) is 13. The van der Waals surface area contributed by atoms with Crippen molar-refractivity contribution in [3.63, 3.8) is 0 Å². The predicted molar refractivity (Wildman–Crippen MR) is 445 cm³/mol. The van der Waals surface area contributed by atoms with Gasteiger partial charge in [-0.3, -0.25) is 37.3 Å². The molecule has 0 aliphatic carbocycles. The number of hydrogen-bond acceptors (Lipinski definition) is 15. The van der Waals surface area contributed by atoms with Gasteiger partial charge in [-0.1, -0.05) is 279 Å². The lowest BCUT2D eigenvalue weighted by Gasteiger charge is -2.21. The van der Waals surface area contributed by atoms with E-state index < -0.39 is 97.5 Å². The van der Waals surface area contributed by atoms with Crippen molar-refractivity contribution in [3.05, 3.63) is 207 Å². The van der Waals surface area contributed by atoms with E-state index in [0.29, 0.717) is 38.5 Å². The van der Waals surface area contributed by atoms with Gasteiger partial charge >= 0.3 is 39.5 Å². The Balaban J connectivity index is 5.53. The number of hydrogen-bond donors (Lipinski definition) is 3. The summed E-state index contributed by atoms with van der Waals surface area (Å²) in [5.41, 5.74) is 0. The minimum Gasteiger partial charge on any atom is -0.462 e. The fourth-order valence-corrected chi connectivity index (χ4v) is 11.3. The zero-order valence-corrected chi connectivity index (χ0v) is 68.2. The van der Waals surface area contributed by atoms with Gasteiger partial charge in [0.25, 0.3) is 0 Å². The van der Waals surface area contributed by atoms with Crippen molar-refractivity contribution in [1.29, 1.82) is 0 Å². The molecule has 0 fully saturated rings. The summed E-state index contributed by atoms with van der Waals surface area (Å²) >= 11 is 0. The Morgan fingerprint density at radius 2 is 0.509 bits per heavy atom. The summed E-state index contributed by atoms with van der Waals surface area (Å²) in [7, 11) is -10.0. The van der Waals surface area contributed by atoms with Crippen LogP contribution in [0.5, 0.6) is 0 Å². The van der Waals surface area contributed by atoms with Gasteiger partial charge in [0.15, 0.2) is 12.2 Å². The molecule has 0 rings (SSSR count). The molecule has 0 saturated heterocycles. The quantitative estimate of drug-likeness (QED) is 0.0169. The molecule has 0 aliphatic rings. The van der Waals surface area contributed by atoms with Gasteiger partial charge < -0.3 is 33.8 Å². The first kappa shape index (κ1) is 102. The van der Waals surface area contributed by atoms with Crippen molar-refractivity contribution in [2.45, 2.75) is 290 Å². The Hall–Kier alpha value is -6.36. The maximum Gasteiger partial charge on any atom is 0.472 e. The predicted octanol–water partition coefficient (Wildman–Crippen LogP) is 23.9. The van der Waals surface area contributed by atoms with Crippen LogP contribution in [-0.2, 0) is 65.4 Å². The molecule has 17 nitrogen and oxygen atoms in total. The van der Waals surface area contributed by atoms with E-state index in [0.717, 1.165) is 154 Å². The Morgan fingerprint density at radius 3 is 0.852 bits per heavy atom. The zero-order chi connectivity index (χ0) is 78.9. The standard InChI is InChI=1S/C89H140O17P2/c1-5-9-13-17-21-25-29-33-36-39-41-44-46-50-53-57-61-65-69-73-86(91)99-79-84(105-88(93)75-71-67-63-59-55-49-32-28-24-20-16-12-8-4)81-103-107(95,96)101-77-83(90)78-102-108(97,98)104-82-85(106-89(94)76-72-68-64-60-56-52-48-43-38-35-31-27-23-19-15-11-7-3)80-100-87(92)74-70-66-62-58-54-51-47-45-42-40-37-34-30-26-22-18-14-10-6-2/h9-11,13-15,21-23,25-28,32-38,41-42,44-45,48,50-54,60,62,64,66,83-85,90H,5-8,12,16-20,24,29-31,39-40,43,46-47,49,55-59,61,63,65,67-82H2,1-4H3,(H,95,96)(H,97,98)/b13-9-,14-10-,15-11-,25-21-,26-22-,27-23-,32-28-,36-33-,37-34-,38-35-,44-41-,45-42-,52-48-,53-50-,54-51-,64-60-,66-62-. The van der Waals surface area contributed by atoms with Crippen LogP contribution in [-0.4, -0.2) is 96.7 Å². The van der Waals surface area contributed by atoms with Crippen molar-refractivity contribution in [3.8, 4) is 0 Å². The van der Waals surface area contributed by atoms with E-state index in [1.54, 1.807) is 0 Å². The van der Waals surface area contributed by atoms with Crippen LogP contribution in [0.2, 0.25) is 0 Å². The lowest BCUT2D eigenvalue weighted by atomic mass is 10.1. The molecule has 0 aromatic carbocycles. The van der Waals surface area contributed by atoms with E-state index in [1.165, 1.54) is 25.7 Å². The van der Waals surface area contributed by atoms with Gasteiger partial charge in [0.1, 0.15) is 19.3 Å². The first-order valence-electron chi connectivity index (χ1n) is 40.3. The SMILES string of the molecule is CC/C=C\C/C=C\C/C=C\C/C=C\C/C=C\C/C=C\CCC(=O)OCC(COP(=O)(O)OCC(O)COP(=O)(O)OCC(COC(=O)CCCCC/C=C\C/C=C\C/C=C\C/C=C\C/C=C\CC)OC(=O)CCCCCCC/C=C\CCCCCC)OC(=O)CCC/C=C\C/C=C\C/C=C\C/C=C\C/C=C\CC. The molecule has 3 N–H and O–H groups in total. The third-order valence-corrected chi connectivity index (χ3v) is 17.6. The largest absolute Gasteiger partial charge is 0.472 e. The van der Waals surface area contributed by atoms with Gasteiger partial charge in [-0.05, 0) is 173 Å². The van der Waals surface area contributed by atoms with Gasteiger partial charge in [-0.25, -0.2) is 9.13 Å². The average molecular weight is 1540 g/mol. The molecule has 5 unspecified atom stereocenters. The Bertz CT molecular complexity index is 2860. The smallest absolute Gasteiger partial charge is 0.462 e. The van der Waals surface area contributed by atoms with E-state index >= 15 is 0 Å². The van der Waals surface area contributed by atoms with Gasteiger partial charge in [0.05, 0.1) is 26.4 Å². The van der Waals surface area contributed by atoms with Gasteiger partial charge in [0.2, 0.25) is 0 Å². The molecule has 0 aromatic rings. The lowest BCUT2D eigenvalue weighted by Crippen LogP contribution is -2.30. The summed E-state index contributed by atoms with van der Waals surface area (Å²) in [6, 6.07) is 0. The molecule has 0 amide bonds. The number of phosphoric acid groups is 2. The van der Waals surface area contributed by atoms with E-state index in [2.05, 4.69) is 204 Å². The van der Waals surface area contributed by atoms with Crippen LogP contribution in [0.1, 0.15) is 272 Å². The number of ether oxygens (including phenoxy) is 4. The lowest BCUT2D eigenvalue weighted by molar-refractivity contribution is -0.161.